The standard InChI is InChI=1S/C65H41N5/c1-4-17-44(18-5-1)64-54-37-38-61-63(53-27-12-15-30-60(53)69(61)48-22-8-3-9-23-48)62(54)52-36-35-46(40-57(52)66-64)42-31-33-43(34-32-42)55-41-56(68-65(67-55)45-19-6-2-7-20-45)47-21-16-24-49(39-47)70-58-28-13-10-25-50(58)51-26-11-14-29-59(51)70/h1-41H. The number of para-hydroxylation sites is 4. The number of hydrogen-bond donors (Lipinski definition) is 0. The van der Waals surface area contributed by atoms with Crippen LogP contribution in [0.3, 0.4) is 0 Å². The molecule has 5 nitrogen and oxygen atoms in total. The maximum absolute atomic E-state index is 5.48. The molecule has 326 valence electrons. The monoisotopic (exact) mass is 891 g/mol. The van der Waals surface area contributed by atoms with Crippen LogP contribution in [0, 0.1) is 0 Å². The quantitative estimate of drug-likeness (QED) is 0.150. The molecule has 70 heavy (non-hydrogen) atoms. The van der Waals surface area contributed by atoms with Crippen molar-refractivity contribution in [1.29, 1.82) is 0 Å². The van der Waals surface area contributed by atoms with Gasteiger partial charge in [0, 0.05) is 71.3 Å². The summed E-state index contributed by atoms with van der Waals surface area (Å²) in [7, 11) is 0. The van der Waals surface area contributed by atoms with Crippen LogP contribution in [-0.4, -0.2) is 24.1 Å². The van der Waals surface area contributed by atoms with E-state index in [1.807, 2.05) is 18.2 Å². The van der Waals surface area contributed by atoms with Crippen LogP contribution in [0.4, 0.5) is 0 Å². The summed E-state index contributed by atoms with van der Waals surface area (Å²) in [4.78, 5) is 15.9. The molecule has 0 aliphatic rings. The Hall–Kier alpha value is -9.45. The number of fused-ring (bicyclic) bond motifs is 10. The molecular weight excluding hydrogens is 851 g/mol. The van der Waals surface area contributed by atoms with Crippen molar-refractivity contribution < 1.29 is 0 Å². The van der Waals surface area contributed by atoms with Crippen molar-refractivity contribution in [2.75, 3.05) is 0 Å². The van der Waals surface area contributed by atoms with Crippen LogP contribution in [0.2, 0.25) is 0 Å². The Morgan fingerprint density at radius 1 is 0.257 bits per heavy atom. The number of aromatic nitrogens is 5. The molecule has 0 aliphatic heterocycles. The lowest BCUT2D eigenvalue weighted by Gasteiger charge is -2.14. The fourth-order valence-electron chi connectivity index (χ4n) is 10.7. The first-order chi connectivity index (χ1) is 34.7. The van der Waals surface area contributed by atoms with Crippen LogP contribution < -0.4 is 0 Å². The lowest BCUT2D eigenvalue weighted by Crippen LogP contribution is -1.98. The molecule has 0 saturated heterocycles. The molecule has 14 aromatic rings. The zero-order valence-corrected chi connectivity index (χ0v) is 37.9. The van der Waals surface area contributed by atoms with Gasteiger partial charge in [-0.05, 0) is 71.8 Å². The predicted molar refractivity (Wildman–Crippen MR) is 291 cm³/mol. The Labute approximate surface area is 403 Å². The highest BCUT2D eigenvalue weighted by Crippen LogP contribution is 2.43. The number of nitrogens with zero attached hydrogens (tertiary/aromatic N) is 5. The molecule has 0 atom stereocenters. The van der Waals surface area contributed by atoms with Gasteiger partial charge in [0.15, 0.2) is 5.82 Å². The van der Waals surface area contributed by atoms with Gasteiger partial charge in [0.1, 0.15) is 0 Å². The summed E-state index contributed by atoms with van der Waals surface area (Å²) in [6, 6.07) is 88.4. The zero-order valence-electron chi connectivity index (χ0n) is 37.9. The van der Waals surface area contributed by atoms with E-state index < -0.39 is 0 Å². The third-order valence-electron chi connectivity index (χ3n) is 13.9. The molecule has 0 saturated carbocycles. The topological polar surface area (TPSA) is 48.5 Å². The van der Waals surface area contributed by atoms with E-state index in [1.165, 1.54) is 49.0 Å². The maximum atomic E-state index is 5.48. The van der Waals surface area contributed by atoms with Crippen LogP contribution in [0.1, 0.15) is 0 Å². The summed E-state index contributed by atoms with van der Waals surface area (Å²) >= 11 is 0. The molecule has 0 amide bonds. The second kappa shape index (κ2) is 16.1. The molecule has 5 heteroatoms. The van der Waals surface area contributed by atoms with E-state index in [9.17, 15) is 0 Å². The SMILES string of the molecule is c1ccc(-c2nc(-c3ccc(-c4ccc5c(c4)nc(-c4ccccc4)c4ccc6c(c7ccccc7n6-c6ccccc6)c45)cc3)cc(-c3cccc(-n4c5ccccc5c5ccccc54)c3)n2)cc1. The van der Waals surface area contributed by atoms with E-state index in [0.29, 0.717) is 5.82 Å². The number of hydrogen-bond acceptors (Lipinski definition) is 3. The van der Waals surface area contributed by atoms with Gasteiger partial charge in [-0.2, -0.15) is 0 Å². The Kier molecular flexibility index (Phi) is 9.14. The van der Waals surface area contributed by atoms with Crippen molar-refractivity contribution >= 4 is 65.3 Å². The molecule has 0 aliphatic carbocycles. The van der Waals surface area contributed by atoms with Crippen LogP contribution in [-0.2, 0) is 0 Å². The van der Waals surface area contributed by atoms with Crippen LogP contribution >= 0.6 is 0 Å². The van der Waals surface area contributed by atoms with Gasteiger partial charge in [-0.15, -0.1) is 0 Å². The van der Waals surface area contributed by atoms with Gasteiger partial charge >= 0.3 is 0 Å². The molecule has 0 bridgehead atoms. The van der Waals surface area contributed by atoms with Gasteiger partial charge in [0.05, 0.1) is 44.7 Å². The van der Waals surface area contributed by atoms with Gasteiger partial charge in [0.25, 0.3) is 0 Å². The molecular formula is C65H41N5. The van der Waals surface area contributed by atoms with Gasteiger partial charge in [-0.25, -0.2) is 15.0 Å². The third-order valence-corrected chi connectivity index (χ3v) is 13.9. The first-order valence-corrected chi connectivity index (χ1v) is 23.8. The van der Waals surface area contributed by atoms with E-state index >= 15 is 0 Å². The number of pyridine rings is 1. The fourth-order valence-corrected chi connectivity index (χ4v) is 10.7. The van der Waals surface area contributed by atoms with E-state index in [1.54, 1.807) is 0 Å². The highest BCUT2D eigenvalue weighted by atomic mass is 15.0. The van der Waals surface area contributed by atoms with Crippen LogP contribution in [0.5, 0.6) is 0 Å². The van der Waals surface area contributed by atoms with Crippen LogP contribution in [0.15, 0.2) is 249 Å². The molecule has 14 rings (SSSR count). The second-order valence-electron chi connectivity index (χ2n) is 18.0. The Morgan fingerprint density at radius 3 is 1.47 bits per heavy atom. The number of rotatable bonds is 7. The number of benzene rings is 10. The molecule has 4 aromatic heterocycles. The molecule has 0 fully saturated rings. The van der Waals surface area contributed by atoms with Crippen molar-refractivity contribution in [3.05, 3.63) is 249 Å². The molecule has 4 heterocycles. The summed E-state index contributed by atoms with van der Waals surface area (Å²) < 4.78 is 4.74. The van der Waals surface area contributed by atoms with Gasteiger partial charge < -0.3 is 9.13 Å². The molecule has 0 radical (unpaired) electrons. The summed E-state index contributed by atoms with van der Waals surface area (Å²) in [6.07, 6.45) is 0. The first kappa shape index (κ1) is 39.7. The second-order valence-corrected chi connectivity index (χ2v) is 18.0. The average molecular weight is 892 g/mol. The van der Waals surface area contributed by atoms with E-state index in [0.717, 1.165) is 78.1 Å². The van der Waals surface area contributed by atoms with Crippen molar-refractivity contribution in [3.8, 4) is 67.7 Å². The van der Waals surface area contributed by atoms with E-state index in [2.05, 4.69) is 240 Å². The fraction of sp³-hybridized carbons (Fsp3) is 0. The molecule has 0 spiro atoms. The summed E-state index contributed by atoms with van der Waals surface area (Å²) in [5, 5.41) is 8.39. The highest BCUT2D eigenvalue weighted by Gasteiger charge is 2.21. The van der Waals surface area contributed by atoms with Crippen molar-refractivity contribution in [1.82, 2.24) is 24.1 Å². The average Bonchev–Trinajstić information content (AvgIpc) is 3.97. The lowest BCUT2D eigenvalue weighted by atomic mass is 9.94. The predicted octanol–water partition coefficient (Wildman–Crippen LogP) is 16.7. The minimum atomic E-state index is 0.683. The van der Waals surface area contributed by atoms with Gasteiger partial charge in [-0.3, -0.25) is 0 Å². The maximum Gasteiger partial charge on any atom is 0.160 e. The van der Waals surface area contributed by atoms with E-state index in [-0.39, 0.29) is 0 Å². The van der Waals surface area contributed by atoms with Gasteiger partial charge in [0.2, 0.25) is 0 Å². The summed E-state index contributed by atoms with van der Waals surface area (Å²) in [5.74, 6) is 0.683. The minimum absolute atomic E-state index is 0.683. The lowest BCUT2D eigenvalue weighted by molar-refractivity contribution is 1.16. The minimum Gasteiger partial charge on any atom is -0.309 e. The normalized spacial score (nSPS) is 11.7. The summed E-state index contributed by atoms with van der Waals surface area (Å²) in [6.45, 7) is 0. The Morgan fingerprint density at radius 2 is 0.771 bits per heavy atom. The molecule has 0 unspecified atom stereocenters. The van der Waals surface area contributed by atoms with Crippen molar-refractivity contribution in [3.63, 3.8) is 0 Å². The third kappa shape index (κ3) is 6.44. The summed E-state index contributed by atoms with van der Waals surface area (Å²) in [5.41, 5.74) is 16.8. The van der Waals surface area contributed by atoms with Crippen molar-refractivity contribution in [2.24, 2.45) is 0 Å². The highest BCUT2D eigenvalue weighted by molar-refractivity contribution is 6.29. The smallest absolute Gasteiger partial charge is 0.160 e. The van der Waals surface area contributed by atoms with Gasteiger partial charge in [-0.1, -0.05) is 188 Å². The largest absolute Gasteiger partial charge is 0.309 e. The van der Waals surface area contributed by atoms with Crippen molar-refractivity contribution in [2.45, 2.75) is 0 Å². The van der Waals surface area contributed by atoms with E-state index in [4.69, 9.17) is 15.0 Å². The van der Waals surface area contributed by atoms with Crippen LogP contribution in [0.25, 0.3) is 133 Å². The molecule has 0 N–H and O–H groups in total. The molecule has 10 aromatic carbocycles. The first-order valence-electron chi connectivity index (χ1n) is 23.8. The Bertz CT molecular complexity index is 4270. The Balaban J connectivity index is 0.896. The zero-order chi connectivity index (χ0) is 46.1.